The van der Waals surface area contributed by atoms with E-state index in [0.717, 1.165) is 29.1 Å². The first kappa shape index (κ1) is 22.9. The van der Waals surface area contributed by atoms with E-state index >= 15 is 0 Å². The number of allylic oxidation sites excluding steroid dienone is 1. The van der Waals surface area contributed by atoms with Crippen LogP contribution in [0.5, 0.6) is 5.75 Å². The molecule has 8 heteroatoms. The van der Waals surface area contributed by atoms with Crippen LogP contribution in [0, 0.1) is 0 Å². The number of aromatic nitrogens is 3. The lowest BCUT2D eigenvalue weighted by molar-refractivity contribution is -0.139. The van der Waals surface area contributed by atoms with Gasteiger partial charge >= 0.3 is 5.97 Å². The van der Waals surface area contributed by atoms with Crippen LogP contribution in [0.25, 0.3) is 0 Å². The molecular weight excluding hydrogens is 436 g/mol. The minimum absolute atomic E-state index is 0.296. The van der Waals surface area contributed by atoms with Crippen molar-refractivity contribution in [3.63, 3.8) is 0 Å². The summed E-state index contributed by atoms with van der Waals surface area (Å²) in [5, 5.41) is 8.63. The second kappa shape index (κ2) is 10.6. The van der Waals surface area contributed by atoms with Crippen LogP contribution in [0.15, 0.2) is 71.0 Å². The van der Waals surface area contributed by atoms with Crippen LogP contribution in [-0.2, 0) is 16.1 Å². The second-order valence-corrected chi connectivity index (χ2v) is 8.71. The molecule has 1 atom stereocenters. The monoisotopic (exact) mass is 464 g/mol. The number of nitrogens with zero attached hydrogens (tertiary/aromatic N) is 3. The third kappa shape index (κ3) is 5.22. The molecule has 4 rings (SSSR count). The molecule has 7 nitrogen and oxygen atoms in total. The number of fused-ring (bicyclic) bond motifs is 1. The Morgan fingerprint density at radius 1 is 1.15 bits per heavy atom. The van der Waals surface area contributed by atoms with Crippen LogP contribution in [0.4, 0.5) is 5.95 Å². The molecule has 0 radical (unpaired) electrons. The molecule has 1 N–H and O–H groups in total. The number of hydrogen-bond acceptors (Lipinski definition) is 7. The lowest BCUT2D eigenvalue weighted by Crippen LogP contribution is -2.29. The van der Waals surface area contributed by atoms with Crippen molar-refractivity contribution in [3.05, 3.63) is 77.0 Å². The van der Waals surface area contributed by atoms with E-state index in [4.69, 9.17) is 14.6 Å². The van der Waals surface area contributed by atoms with Gasteiger partial charge in [0.15, 0.2) is 0 Å². The maximum atomic E-state index is 13.0. The Morgan fingerprint density at radius 3 is 2.73 bits per heavy atom. The second-order valence-electron chi connectivity index (χ2n) is 7.64. The number of thioether (sulfide) groups is 1. The molecule has 0 aliphatic carbocycles. The van der Waals surface area contributed by atoms with E-state index in [9.17, 15) is 4.79 Å². The lowest BCUT2D eigenvalue weighted by atomic mass is 9.95. The zero-order chi connectivity index (χ0) is 23.2. The first-order valence-electron chi connectivity index (χ1n) is 11.1. The Balaban J connectivity index is 1.69. The number of carbonyl (C=O) groups excluding carboxylic acids is 1. The summed E-state index contributed by atoms with van der Waals surface area (Å²) in [6.45, 7) is 6.55. The van der Waals surface area contributed by atoms with Crippen molar-refractivity contribution in [2.45, 2.75) is 45.0 Å². The quantitative estimate of drug-likeness (QED) is 0.344. The molecular formula is C25H28N4O3S. The number of benzene rings is 2. The van der Waals surface area contributed by atoms with E-state index < -0.39 is 6.04 Å². The largest absolute Gasteiger partial charge is 0.489 e. The topological polar surface area (TPSA) is 78.3 Å². The fourth-order valence-corrected chi connectivity index (χ4v) is 4.37. The number of ether oxygens (including phenoxy) is 2. The van der Waals surface area contributed by atoms with Crippen molar-refractivity contribution < 1.29 is 14.3 Å². The Morgan fingerprint density at radius 2 is 1.97 bits per heavy atom. The van der Waals surface area contributed by atoms with Crippen LogP contribution in [-0.4, -0.2) is 33.1 Å². The van der Waals surface area contributed by atoms with E-state index in [2.05, 4.69) is 17.2 Å². The molecule has 33 heavy (non-hydrogen) atoms. The van der Waals surface area contributed by atoms with Crippen molar-refractivity contribution >= 4 is 23.7 Å². The highest BCUT2D eigenvalue weighted by Gasteiger charge is 2.35. The smallest absolute Gasteiger partial charge is 0.338 e. The number of hydrogen-bond donors (Lipinski definition) is 1. The molecule has 2 heterocycles. The van der Waals surface area contributed by atoms with Gasteiger partial charge in [-0.1, -0.05) is 61.2 Å². The SMILES string of the molecule is CCCSc1nc2n(n1)C(c1cccc(OCc3ccccc3)c1)C(C(=O)OCC)=C(C)N2. The Labute approximate surface area is 198 Å². The van der Waals surface area contributed by atoms with Gasteiger partial charge in [-0.2, -0.15) is 4.98 Å². The number of anilines is 1. The third-order valence-corrected chi connectivity index (χ3v) is 6.23. The zero-order valence-corrected chi connectivity index (χ0v) is 19.9. The van der Waals surface area contributed by atoms with Crippen LogP contribution < -0.4 is 10.1 Å². The third-order valence-electron chi connectivity index (χ3n) is 5.19. The molecule has 2 aromatic carbocycles. The van der Waals surface area contributed by atoms with Gasteiger partial charge in [0.25, 0.3) is 0 Å². The highest BCUT2D eigenvalue weighted by molar-refractivity contribution is 7.99. The summed E-state index contributed by atoms with van der Waals surface area (Å²) >= 11 is 1.60. The van der Waals surface area contributed by atoms with Gasteiger partial charge in [-0.3, -0.25) is 0 Å². The van der Waals surface area contributed by atoms with Gasteiger partial charge < -0.3 is 14.8 Å². The van der Waals surface area contributed by atoms with Crippen LogP contribution in [0.3, 0.4) is 0 Å². The Bertz CT molecular complexity index is 1140. The van der Waals surface area contributed by atoms with Gasteiger partial charge in [-0.25, -0.2) is 9.48 Å². The summed E-state index contributed by atoms with van der Waals surface area (Å²) in [4.78, 5) is 17.6. The predicted octanol–water partition coefficient (Wildman–Crippen LogP) is 5.21. The summed E-state index contributed by atoms with van der Waals surface area (Å²) in [6, 6.07) is 17.3. The minimum Gasteiger partial charge on any atom is -0.489 e. The summed E-state index contributed by atoms with van der Waals surface area (Å²) in [7, 11) is 0. The number of esters is 1. The maximum absolute atomic E-state index is 13.0. The van der Waals surface area contributed by atoms with E-state index in [-0.39, 0.29) is 5.97 Å². The van der Waals surface area contributed by atoms with Gasteiger partial charge in [0.2, 0.25) is 11.1 Å². The first-order valence-corrected chi connectivity index (χ1v) is 12.1. The van der Waals surface area contributed by atoms with Crippen LogP contribution in [0.1, 0.15) is 44.4 Å². The highest BCUT2D eigenvalue weighted by atomic mass is 32.2. The van der Waals surface area contributed by atoms with Crippen molar-refractivity contribution in [3.8, 4) is 5.75 Å². The lowest BCUT2D eigenvalue weighted by Gasteiger charge is -2.28. The van der Waals surface area contributed by atoms with Crippen molar-refractivity contribution in [1.29, 1.82) is 0 Å². The molecule has 3 aromatic rings. The van der Waals surface area contributed by atoms with Gasteiger partial charge in [-0.15, -0.1) is 5.10 Å². The van der Waals surface area contributed by atoms with Crippen molar-refractivity contribution in [1.82, 2.24) is 14.8 Å². The summed E-state index contributed by atoms with van der Waals surface area (Å²) < 4.78 is 13.2. The van der Waals surface area contributed by atoms with Gasteiger partial charge in [-0.05, 0) is 43.5 Å². The first-order chi connectivity index (χ1) is 16.1. The number of rotatable bonds is 9. The van der Waals surface area contributed by atoms with Crippen LogP contribution >= 0.6 is 11.8 Å². The fourth-order valence-electron chi connectivity index (χ4n) is 3.68. The Kier molecular flexibility index (Phi) is 7.34. The van der Waals surface area contributed by atoms with E-state index in [1.807, 2.05) is 61.5 Å². The average Bonchev–Trinajstić information content (AvgIpc) is 3.23. The average molecular weight is 465 g/mol. The molecule has 1 aliphatic heterocycles. The fraction of sp³-hybridized carbons (Fsp3) is 0.320. The molecule has 0 fully saturated rings. The molecule has 1 aromatic heterocycles. The predicted molar refractivity (Wildman–Crippen MR) is 129 cm³/mol. The van der Waals surface area contributed by atoms with Gasteiger partial charge in [0.1, 0.15) is 18.4 Å². The highest BCUT2D eigenvalue weighted by Crippen LogP contribution is 2.37. The molecule has 0 amide bonds. The summed E-state index contributed by atoms with van der Waals surface area (Å²) in [5.74, 6) is 1.89. The van der Waals surface area contributed by atoms with Crippen LogP contribution in [0.2, 0.25) is 0 Å². The summed E-state index contributed by atoms with van der Waals surface area (Å²) in [5.41, 5.74) is 3.19. The summed E-state index contributed by atoms with van der Waals surface area (Å²) in [6.07, 6.45) is 1.03. The molecule has 0 saturated carbocycles. The molecule has 1 unspecified atom stereocenters. The Hall–Kier alpha value is -3.26. The normalized spacial score (nSPS) is 15.1. The van der Waals surface area contributed by atoms with Crippen molar-refractivity contribution in [2.24, 2.45) is 0 Å². The molecule has 172 valence electrons. The molecule has 1 aliphatic rings. The minimum atomic E-state index is -0.468. The zero-order valence-electron chi connectivity index (χ0n) is 19.1. The number of nitrogens with one attached hydrogen (secondary N) is 1. The molecule has 0 saturated heterocycles. The van der Waals surface area contributed by atoms with E-state index in [0.29, 0.717) is 35.6 Å². The molecule has 0 spiro atoms. The maximum Gasteiger partial charge on any atom is 0.338 e. The van der Waals surface area contributed by atoms with Crippen molar-refractivity contribution in [2.75, 3.05) is 17.7 Å². The van der Waals surface area contributed by atoms with Gasteiger partial charge in [0, 0.05) is 11.4 Å². The number of carbonyl (C=O) groups is 1. The van der Waals surface area contributed by atoms with E-state index in [1.54, 1.807) is 23.4 Å². The van der Waals surface area contributed by atoms with Gasteiger partial charge in [0.05, 0.1) is 12.2 Å². The molecule has 0 bridgehead atoms. The van der Waals surface area contributed by atoms with E-state index in [1.165, 1.54) is 0 Å². The standard InChI is InChI=1S/C25H28N4O3S/c1-4-14-33-25-27-24-26-17(3)21(23(30)31-5-2)22(29(24)28-25)19-12-9-13-20(15-19)32-16-18-10-7-6-8-11-18/h6-13,15,22H,4-5,14,16H2,1-3H3,(H,26,27,28).